The zero-order chi connectivity index (χ0) is 15.4. The van der Waals surface area contributed by atoms with E-state index in [4.69, 9.17) is 4.74 Å². The number of anilines is 1. The van der Waals surface area contributed by atoms with E-state index >= 15 is 0 Å². The Morgan fingerprint density at radius 1 is 1.14 bits per heavy atom. The van der Waals surface area contributed by atoms with Crippen molar-refractivity contribution in [2.45, 2.75) is 6.92 Å². The van der Waals surface area contributed by atoms with Gasteiger partial charge in [0.05, 0.1) is 12.2 Å². The number of amides is 1. The van der Waals surface area contributed by atoms with Crippen molar-refractivity contribution in [2.24, 2.45) is 0 Å². The lowest BCUT2D eigenvalue weighted by Crippen LogP contribution is -2.12. The number of fused-ring (bicyclic) bond motifs is 1. The van der Waals surface area contributed by atoms with Crippen LogP contribution in [0.25, 0.3) is 11.2 Å². The number of hydrogen-bond donors (Lipinski definition) is 1. The number of carbonyl (C=O) groups is 1. The zero-order valence-electron chi connectivity index (χ0n) is 12.0. The molecule has 0 bridgehead atoms. The highest BCUT2D eigenvalue weighted by atomic mass is 16.5. The molecular weight excluding hydrogens is 280 g/mol. The lowest BCUT2D eigenvalue weighted by atomic mass is 10.2. The van der Waals surface area contributed by atoms with E-state index in [0.717, 1.165) is 5.75 Å². The average Bonchev–Trinajstić information content (AvgIpc) is 2.56. The van der Waals surface area contributed by atoms with Gasteiger partial charge in [-0.25, -0.2) is 9.97 Å². The zero-order valence-corrected chi connectivity index (χ0v) is 12.0. The lowest BCUT2D eigenvalue weighted by Gasteiger charge is -2.07. The molecule has 3 aromatic rings. The molecule has 0 radical (unpaired) electrons. The number of benzene rings is 1. The number of nitrogens with one attached hydrogen (secondary N) is 1. The number of ether oxygens (including phenoxy) is 1. The molecule has 1 aromatic carbocycles. The summed E-state index contributed by atoms with van der Waals surface area (Å²) in [6, 6.07) is 8.86. The van der Waals surface area contributed by atoms with Crippen LogP contribution < -0.4 is 10.1 Å². The fourth-order valence-electron chi connectivity index (χ4n) is 1.99. The van der Waals surface area contributed by atoms with Crippen molar-refractivity contribution in [3.8, 4) is 5.75 Å². The summed E-state index contributed by atoms with van der Waals surface area (Å²) in [7, 11) is 0. The molecule has 0 spiro atoms. The number of hydrogen-bond acceptors (Lipinski definition) is 5. The maximum atomic E-state index is 12.2. The highest BCUT2D eigenvalue weighted by molar-refractivity contribution is 6.05. The molecule has 0 aliphatic rings. The number of aromatic nitrogens is 3. The van der Waals surface area contributed by atoms with Gasteiger partial charge >= 0.3 is 0 Å². The maximum Gasteiger partial charge on any atom is 0.257 e. The first-order valence-electron chi connectivity index (χ1n) is 6.87. The van der Waals surface area contributed by atoms with Gasteiger partial charge in [0.1, 0.15) is 11.3 Å². The highest BCUT2D eigenvalue weighted by Crippen LogP contribution is 2.17. The Kier molecular flexibility index (Phi) is 3.91. The summed E-state index contributed by atoms with van der Waals surface area (Å²) in [5.74, 6) is 0.521. The largest absolute Gasteiger partial charge is 0.494 e. The molecule has 0 saturated heterocycles. The van der Waals surface area contributed by atoms with Crippen LogP contribution in [0.2, 0.25) is 0 Å². The molecule has 1 amide bonds. The van der Waals surface area contributed by atoms with Gasteiger partial charge in [0.15, 0.2) is 5.65 Å². The van der Waals surface area contributed by atoms with Crippen LogP contribution >= 0.6 is 0 Å². The van der Waals surface area contributed by atoms with E-state index in [2.05, 4.69) is 20.3 Å². The third-order valence-corrected chi connectivity index (χ3v) is 3.01. The Morgan fingerprint density at radius 2 is 1.91 bits per heavy atom. The first-order chi connectivity index (χ1) is 10.8. The minimum Gasteiger partial charge on any atom is -0.494 e. The molecule has 2 heterocycles. The van der Waals surface area contributed by atoms with E-state index in [1.54, 1.807) is 30.6 Å². The molecule has 6 nitrogen and oxygen atoms in total. The molecule has 0 fully saturated rings. The van der Waals surface area contributed by atoms with Crippen molar-refractivity contribution in [1.29, 1.82) is 0 Å². The summed E-state index contributed by atoms with van der Waals surface area (Å²) in [5.41, 5.74) is 2.22. The average molecular weight is 294 g/mol. The Labute approximate surface area is 127 Å². The van der Waals surface area contributed by atoms with Crippen LogP contribution in [-0.2, 0) is 0 Å². The summed E-state index contributed by atoms with van der Waals surface area (Å²) >= 11 is 0. The SMILES string of the molecule is CCOc1ccc(NC(=O)c2cnc3nccnc3c2)cc1. The van der Waals surface area contributed by atoms with Gasteiger partial charge < -0.3 is 10.1 Å². The second kappa shape index (κ2) is 6.17. The molecule has 22 heavy (non-hydrogen) atoms. The van der Waals surface area contributed by atoms with Crippen LogP contribution in [0.3, 0.4) is 0 Å². The maximum absolute atomic E-state index is 12.2. The van der Waals surface area contributed by atoms with Crippen molar-refractivity contribution in [1.82, 2.24) is 15.0 Å². The van der Waals surface area contributed by atoms with Crippen LogP contribution in [0.1, 0.15) is 17.3 Å². The number of rotatable bonds is 4. The predicted octanol–water partition coefficient (Wildman–Crippen LogP) is 2.68. The number of pyridine rings is 1. The van der Waals surface area contributed by atoms with Crippen LogP contribution in [0, 0.1) is 0 Å². The van der Waals surface area contributed by atoms with Gasteiger partial charge in [-0.15, -0.1) is 0 Å². The van der Waals surface area contributed by atoms with Crippen LogP contribution in [0.5, 0.6) is 5.75 Å². The lowest BCUT2D eigenvalue weighted by molar-refractivity contribution is 0.102. The molecule has 0 atom stereocenters. The van der Waals surface area contributed by atoms with E-state index < -0.39 is 0 Å². The standard InChI is InChI=1S/C16H14N4O2/c1-2-22-13-5-3-12(4-6-13)20-16(21)11-9-14-15(19-10-11)18-8-7-17-14/h3-10H,2H2,1H3,(H,20,21). The van der Waals surface area contributed by atoms with Crippen LogP contribution in [-0.4, -0.2) is 27.5 Å². The summed E-state index contributed by atoms with van der Waals surface area (Å²) in [4.78, 5) is 24.6. The monoisotopic (exact) mass is 294 g/mol. The molecule has 0 aliphatic heterocycles. The third-order valence-electron chi connectivity index (χ3n) is 3.01. The molecule has 3 rings (SSSR count). The van der Waals surface area contributed by atoms with Gasteiger partial charge in [0.25, 0.3) is 5.91 Å². The molecular formula is C16H14N4O2. The second-order valence-electron chi connectivity index (χ2n) is 4.53. The molecule has 0 unspecified atom stereocenters. The Hall–Kier alpha value is -3.02. The van der Waals surface area contributed by atoms with Crippen molar-refractivity contribution in [2.75, 3.05) is 11.9 Å². The minimum atomic E-state index is -0.246. The Morgan fingerprint density at radius 3 is 2.68 bits per heavy atom. The normalized spacial score (nSPS) is 10.4. The van der Waals surface area contributed by atoms with Gasteiger partial charge in [0.2, 0.25) is 0 Å². The first-order valence-corrected chi connectivity index (χ1v) is 6.87. The van der Waals surface area contributed by atoms with E-state index in [9.17, 15) is 4.79 Å². The van der Waals surface area contributed by atoms with Gasteiger partial charge in [0, 0.05) is 24.3 Å². The van der Waals surface area contributed by atoms with Gasteiger partial charge in [-0.1, -0.05) is 0 Å². The molecule has 6 heteroatoms. The van der Waals surface area contributed by atoms with Gasteiger partial charge in [-0.3, -0.25) is 9.78 Å². The number of carbonyl (C=O) groups excluding carboxylic acids is 1. The number of nitrogens with zero attached hydrogens (tertiary/aromatic N) is 3. The predicted molar refractivity (Wildman–Crippen MR) is 82.9 cm³/mol. The first kappa shape index (κ1) is 13.9. The molecule has 110 valence electrons. The summed E-state index contributed by atoms with van der Waals surface area (Å²) in [6.07, 6.45) is 4.62. The fraction of sp³-hybridized carbons (Fsp3) is 0.125. The van der Waals surface area contributed by atoms with Crippen molar-refractivity contribution >= 4 is 22.8 Å². The smallest absolute Gasteiger partial charge is 0.257 e. The van der Waals surface area contributed by atoms with Crippen molar-refractivity contribution in [3.63, 3.8) is 0 Å². The van der Waals surface area contributed by atoms with E-state index in [-0.39, 0.29) is 5.91 Å². The minimum absolute atomic E-state index is 0.246. The molecule has 0 aliphatic carbocycles. The van der Waals surface area contributed by atoms with Crippen molar-refractivity contribution in [3.05, 3.63) is 54.5 Å². The Balaban J connectivity index is 1.77. The summed E-state index contributed by atoms with van der Waals surface area (Å²) in [5, 5.41) is 2.81. The van der Waals surface area contributed by atoms with Gasteiger partial charge in [-0.2, -0.15) is 0 Å². The fourth-order valence-corrected chi connectivity index (χ4v) is 1.99. The van der Waals surface area contributed by atoms with E-state index in [1.165, 1.54) is 6.20 Å². The van der Waals surface area contributed by atoms with E-state index in [0.29, 0.717) is 29.0 Å². The molecule has 1 N–H and O–H groups in total. The van der Waals surface area contributed by atoms with Crippen molar-refractivity contribution < 1.29 is 9.53 Å². The topological polar surface area (TPSA) is 77.0 Å². The van der Waals surface area contributed by atoms with Crippen LogP contribution in [0.15, 0.2) is 48.9 Å². The third kappa shape index (κ3) is 3.01. The summed E-state index contributed by atoms with van der Waals surface area (Å²) in [6.45, 7) is 2.53. The quantitative estimate of drug-likeness (QED) is 0.800. The highest BCUT2D eigenvalue weighted by Gasteiger charge is 2.08. The van der Waals surface area contributed by atoms with Gasteiger partial charge in [-0.05, 0) is 37.3 Å². The molecule has 0 saturated carbocycles. The van der Waals surface area contributed by atoms with E-state index in [1.807, 2.05) is 19.1 Å². The molecule has 2 aromatic heterocycles. The summed E-state index contributed by atoms with van der Waals surface area (Å²) < 4.78 is 5.36. The Bertz CT molecular complexity index is 803. The van der Waals surface area contributed by atoms with Crippen LogP contribution in [0.4, 0.5) is 5.69 Å². The second-order valence-corrected chi connectivity index (χ2v) is 4.53.